The normalized spacial score (nSPS) is 10.7. The van der Waals surface area contributed by atoms with E-state index in [4.69, 9.17) is 0 Å². The molecule has 0 saturated carbocycles. The molecule has 23 heavy (non-hydrogen) atoms. The Bertz CT molecular complexity index is 806. The molecule has 1 N–H and O–H groups in total. The van der Waals surface area contributed by atoms with E-state index in [9.17, 15) is 4.79 Å². The van der Waals surface area contributed by atoms with Gasteiger partial charge >= 0.3 is 0 Å². The Hall–Kier alpha value is -2.96. The van der Waals surface area contributed by atoms with Crippen LogP contribution in [0.1, 0.15) is 17.8 Å². The lowest BCUT2D eigenvalue weighted by atomic mass is 10.2. The highest BCUT2D eigenvalue weighted by Gasteiger charge is 2.09. The Morgan fingerprint density at radius 1 is 1.26 bits per heavy atom. The van der Waals surface area contributed by atoms with Crippen molar-refractivity contribution in [1.29, 1.82) is 0 Å². The summed E-state index contributed by atoms with van der Waals surface area (Å²) >= 11 is 0. The molecule has 2 aromatic heterocycles. The molecule has 0 bridgehead atoms. The van der Waals surface area contributed by atoms with Gasteiger partial charge in [-0.3, -0.25) is 9.48 Å². The summed E-state index contributed by atoms with van der Waals surface area (Å²) < 4.78 is 3.47. The van der Waals surface area contributed by atoms with E-state index in [-0.39, 0.29) is 5.91 Å². The fourth-order valence-corrected chi connectivity index (χ4v) is 2.43. The molecule has 3 aromatic rings. The number of aromatic nitrogens is 5. The Morgan fingerprint density at radius 2 is 2.09 bits per heavy atom. The Morgan fingerprint density at radius 3 is 2.78 bits per heavy atom. The quantitative estimate of drug-likeness (QED) is 0.783. The van der Waals surface area contributed by atoms with Gasteiger partial charge in [-0.2, -0.15) is 10.2 Å². The maximum absolute atomic E-state index is 12.2. The van der Waals surface area contributed by atoms with Crippen LogP contribution in [0.2, 0.25) is 0 Å². The van der Waals surface area contributed by atoms with Crippen molar-refractivity contribution in [1.82, 2.24) is 24.5 Å². The van der Waals surface area contributed by atoms with E-state index < -0.39 is 0 Å². The molecule has 1 aromatic carbocycles. The Labute approximate surface area is 134 Å². The number of hydrogen-bond donors (Lipinski definition) is 1. The van der Waals surface area contributed by atoms with Crippen LogP contribution in [0.15, 0.2) is 43.0 Å². The van der Waals surface area contributed by atoms with Crippen LogP contribution < -0.4 is 5.32 Å². The molecule has 1 amide bonds. The molecule has 3 rings (SSSR count). The van der Waals surface area contributed by atoms with Gasteiger partial charge in [-0.15, -0.1) is 0 Å². The van der Waals surface area contributed by atoms with Crippen molar-refractivity contribution in [2.45, 2.75) is 26.8 Å². The molecule has 7 heteroatoms. The predicted octanol–water partition coefficient (Wildman–Crippen LogP) is 2.11. The first kappa shape index (κ1) is 15.0. The van der Waals surface area contributed by atoms with Crippen molar-refractivity contribution in [3.8, 4) is 5.69 Å². The summed E-state index contributed by atoms with van der Waals surface area (Å²) in [6.07, 6.45) is 3.41. The Balaban J connectivity index is 1.68. The van der Waals surface area contributed by atoms with Gasteiger partial charge in [0.1, 0.15) is 12.7 Å². The molecule has 0 aliphatic heterocycles. The zero-order chi connectivity index (χ0) is 16.2. The Kier molecular flexibility index (Phi) is 4.18. The van der Waals surface area contributed by atoms with Crippen LogP contribution in [0.25, 0.3) is 5.69 Å². The van der Waals surface area contributed by atoms with Crippen molar-refractivity contribution < 1.29 is 4.79 Å². The summed E-state index contributed by atoms with van der Waals surface area (Å²) in [5, 5.41) is 11.4. The summed E-state index contributed by atoms with van der Waals surface area (Å²) in [4.78, 5) is 16.2. The van der Waals surface area contributed by atoms with Gasteiger partial charge in [0.2, 0.25) is 5.91 Å². The molecule has 0 aliphatic rings. The SMILES string of the molecule is Cc1cc(C)n(CCC(=O)Nc2ccccc2-n2cncn2)n1. The number of carbonyl (C=O) groups is 1. The third kappa shape index (κ3) is 3.45. The van der Waals surface area contributed by atoms with Gasteiger partial charge < -0.3 is 5.32 Å². The number of carbonyl (C=O) groups excluding carboxylic acids is 1. The third-order valence-corrected chi connectivity index (χ3v) is 3.50. The first-order valence-electron chi connectivity index (χ1n) is 7.38. The van der Waals surface area contributed by atoms with Crippen LogP contribution >= 0.6 is 0 Å². The van der Waals surface area contributed by atoms with Crippen LogP contribution in [0.5, 0.6) is 0 Å². The molecule has 0 atom stereocenters. The molecule has 7 nitrogen and oxygen atoms in total. The lowest BCUT2D eigenvalue weighted by Gasteiger charge is -2.11. The van der Waals surface area contributed by atoms with Crippen LogP contribution in [0.4, 0.5) is 5.69 Å². The van der Waals surface area contributed by atoms with Crippen LogP contribution in [-0.2, 0) is 11.3 Å². The molecule has 0 fully saturated rings. The molecule has 0 spiro atoms. The molecule has 0 saturated heterocycles. The number of nitrogens with zero attached hydrogens (tertiary/aromatic N) is 5. The molecular weight excluding hydrogens is 292 g/mol. The number of nitrogens with one attached hydrogen (secondary N) is 1. The van der Waals surface area contributed by atoms with E-state index in [2.05, 4.69) is 20.5 Å². The van der Waals surface area contributed by atoms with Gasteiger partial charge in [0.05, 0.1) is 17.1 Å². The van der Waals surface area contributed by atoms with Gasteiger partial charge in [0.25, 0.3) is 0 Å². The maximum atomic E-state index is 12.2. The van der Waals surface area contributed by atoms with Crippen molar-refractivity contribution in [3.63, 3.8) is 0 Å². The summed E-state index contributed by atoms with van der Waals surface area (Å²) in [6, 6.07) is 9.49. The fraction of sp³-hybridized carbons (Fsp3) is 0.250. The molecule has 118 valence electrons. The van der Waals surface area contributed by atoms with Gasteiger partial charge in [0, 0.05) is 18.7 Å². The van der Waals surface area contributed by atoms with E-state index in [0.717, 1.165) is 17.1 Å². The lowest BCUT2D eigenvalue weighted by molar-refractivity contribution is -0.116. The van der Waals surface area contributed by atoms with Crippen LogP contribution in [0.3, 0.4) is 0 Å². The van der Waals surface area contributed by atoms with E-state index >= 15 is 0 Å². The number of rotatable bonds is 5. The van der Waals surface area contributed by atoms with E-state index in [1.807, 2.05) is 48.9 Å². The highest BCUT2D eigenvalue weighted by molar-refractivity contribution is 5.92. The second kappa shape index (κ2) is 6.43. The minimum absolute atomic E-state index is 0.0647. The minimum atomic E-state index is -0.0647. The summed E-state index contributed by atoms with van der Waals surface area (Å²) in [5.41, 5.74) is 3.50. The number of anilines is 1. The van der Waals surface area contributed by atoms with Gasteiger partial charge in [-0.25, -0.2) is 9.67 Å². The third-order valence-electron chi connectivity index (χ3n) is 3.50. The van der Waals surface area contributed by atoms with E-state index in [1.165, 1.54) is 6.33 Å². The summed E-state index contributed by atoms with van der Waals surface area (Å²) in [5.74, 6) is -0.0647. The van der Waals surface area contributed by atoms with Crippen molar-refractivity contribution >= 4 is 11.6 Å². The second-order valence-electron chi connectivity index (χ2n) is 5.31. The number of aryl methyl sites for hydroxylation is 3. The monoisotopic (exact) mass is 310 g/mol. The van der Waals surface area contributed by atoms with Crippen molar-refractivity contribution in [2.75, 3.05) is 5.32 Å². The zero-order valence-electron chi connectivity index (χ0n) is 13.1. The van der Waals surface area contributed by atoms with Gasteiger partial charge in [0.15, 0.2) is 0 Å². The van der Waals surface area contributed by atoms with E-state index in [0.29, 0.717) is 18.7 Å². The number of para-hydroxylation sites is 2. The number of amides is 1. The zero-order valence-corrected chi connectivity index (χ0v) is 13.1. The van der Waals surface area contributed by atoms with Gasteiger partial charge in [-0.1, -0.05) is 12.1 Å². The predicted molar refractivity (Wildman–Crippen MR) is 86.3 cm³/mol. The average Bonchev–Trinajstić information content (AvgIpc) is 3.15. The van der Waals surface area contributed by atoms with Crippen LogP contribution in [-0.4, -0.2) is 30.5 Å². The smallest absolute Gasteiger partial charge is 0.226 e. The van der Waals surface area contributed by atoms with Crippen molar-refractivity contribution in [2.24, 2.45) is 0 Å². The fourth-order valence-electron chi connectivity index (χ4n) is 2.43. The minimum Gasteiger partial charge on any atom is -0.324 e. The molecule has 0 aliphatic carbocycles. The second-order valence-corrected chi connectivity index (χ2v) is 5.31. The number of benzene rings is 1. The highest BCUT2D eigenvalue weighted by atomic mass is 16.1. The van der Waals surface area contributed by atoms with Gasteiger partial charge in [-0.05, 0) is 32.0 Å². The molecule has 0 radical (unpaired) electrons. The molecule has 0 unspecified atom stereocenters. The summed E-state index contributed by atoms with van der Waals surface area (Å²) in [6.45, 7) is 4.48. The number of hydrogen-bond acceptors (Lipinski definition) is 4. The summed E-state index contributed by atoms with van der Waals surface area (Å²) in [7, 11) is 0. The average molecular weight is 310 g/mol. The highest BCUT2D eigenvalue weighted by Crippen LogP contribution is 2.18. The first-order chi connectivity index (χ1) is 11.1. The topological polar surface area (TPSA) is 77.6 Å². The van der Waals surface area contributed by atoms with Crippen molar-refractivity contribution in [3.05, 3.63) is 54.4 Å². The lowest BCUT2D eigenvalue weighted by Crippen LogP contribution is -2.17. The van der Waals surface area contributed by atoms with E-state index in [1.54, 1.807) is 11.0 Å². The van der Waals surface area contributed by atoms with Crippen LogP contribution in [0, 0.1) is 13.8 Å². The maximum Gasteiger partial charge on any atom is 0.226 e. The molecule has 2 heterocycles. The standard InChI is InChI=1S/C16H18N6O/c1-12-9-13(2)21(20-12)8-7-16(23)19-14-5-3-4-6-15(14)22-11-17-10-18-22/h3-6,9-11H,7-8H2,1-2H3,(H,19,23). The largest absolute Gasteiger partial charge is 0.324 e. The first-order valence-corrected chi connectivity index (χ1v) is 7.38. The molecular formula is C16H18N6O.